The Morgan fingerprint density at radius 1 is 1.50 bits per heavy atom. The van der Waals surface area contributed by atoms with Crippen LogP contribution in [0.2, 0.25) is 0 Å². The van der Waals surface area contributed by atoms with Gasteiger partial charge in [-0.05, 0) is 17.7 Å². The number of rotatable bonds is 6. The van der Waals surface area contributed by atoms with Crippen LogP contribution in [-0.4, -0.2) is 26.2 Å². The summed E-state index contributed by atoms with van der Waals surface area (Å²) in [7, 11) is 1.53. The van der Waals surface area contributed by atoms with Crippen LogP contribution in [0.5, 0.6) is 11.5 Å². The van der Waals surface area contributed by atoms with E-state index >= 15 is 0 Å². The Balaban J connectivity index is 2.65. The minimum Gasteiger partial charge on any atom is -0.493 e. The predicted molar refractivity (Wildman–Crippen MR) is 68.2 cm³/mol. The molecule has 0 radical (unpaired) electrons. The molecule has 0 bridgehead atoms. The molecule has 18 heavy (non-hydrogen) atoms. The summed E-state index contributed by atoms with van der Waals surface area (Å²) < 4.78 is 10.5. The van der Waals surface area contributed by atoms with E-state index in [1.807, 2.05) is 6.07 Å². The number of hydrogen-bond donors (Lipinski definition) is 2. The summed E-state index contributed by atoms with van der Waals surface area (Å²) >= 11 is 0. The molecular formula is C13H16N2O3. The maximum atomic E-state index is 11.3. The maximum Gasteiger partial charge on any atom is 0.258 e. The Morgan fingerprint density at radius 2 is 2.28 bits per heavy atom. The number of amides is 1. The molecule has 0 aromatic heterocycles. The summed E-state index contributed by atoms with van der Waals surface area (Å²) in [6.45, 7) is 0.456. The molecule has 0 heterocycles. The van der Waals surface area contributed by atoms with Crippen molar-refractivity contribution in [2.24, 2.45) is 5.73 Å². The standard InChI is InChI=1S/C13H16N2O3/c1-3-6-15-13(16)9-18-12-7-10(8-14)4-5-11(12)17-2/h1,4-5,7H,6,8-9,14H2,2H3,(H,15,16). The van der Waals surface area contributed by atoms with E-state index in [0.29, 0.717) is 18.0 Å². The Bertz CT molecular complexity index is 452. The number of hydrogen-bond acceptors (Lipinski definition) is 4. The van der Waals surface area contributed by atoms with Gasteiger partial charge in [0.05, 0.1) is 13.7 Å². The van der Waals surface area contributed by atoms with E-state index in [0.717, 1.165) is 5.56 Å². The molecular weight excluding hydrogens is 232 g/mol. The van der Waals surface area contributed by atoms with Crippen LogP contribution < -0.4 is 20.5 Å². The molecule has 1 rings (SSSR count). The third kappa shape index (κ3) is 4.00. The Labute approximate surface area is 106 Å². The molecule has 1 aromatic carbocycles. The minimum atomic E-state index is -0.284. The van der Waals surface area contributed by atoms with Gasteiger partial charge in [0.25, 0.3) is 5.91 Å². The lowest BCUT2D eigenvalue weighted by Crippen LogP contribution is -2.29. The van der Waals surface area contributed by atoms with Gasteiger partial charge in [-0.25, -0.2) is 0 Å². The van der Waals surface area contributed by atoms with E-state index in [1.54, 1.807) is 12.1 Å². The number of carbonyl (C=O) groups excluding carboxylic acids is 1. The number of nitrogens with two attached hydrogens (primary N) is 1. The second-order valence-electron chi connectivity index (χ2n) is 3.46. The third-order valence-corrected chi connectivity index (χ3v) is 2.21. The van der Waals surface area contributed by atoms with Gasteiger partial charge in [0, 0.05) is 6.54 Å². The van der Waals surface area contributed by atoms with Crippen LogP contribution in [0, 0.1) is 12.3 Å². The fourth-order valence-electron chi connectivity index (χ4n) is 1.30. The van der Waals surface area contributed by atoms with Crippen molar-refractivity contribution in [2.45, 2.75) is 6.54 Å². The number of benzene rings is 1. The fraction of sp³-hybridized carbons (Fsp3) is 0.308. The minimum absolute atomic E-state index is 0.119. The zero-order valence-corrected chi connectivity index (χ0v) is 10.2. The lowest BCUT2D eigenvalue weighted by atomic mass is 10.2. The van der Waals surface area contributed by atoms with Crippen molar-refractivity contribution in [1.82, 2.24) is 5.32 Å². The Kier molecular flexibility index (Phi) is 5.55. The average Bonchev–Trinajstić information content (AvgIpc) is 2.42. The third-order valence-electron chi connectivity index (χ3n) is 2.21. The summed E-state index contributed by atoms with van der Waals surface area (Å²) in [6.07, 6.45) is 5.03. The maximum absolute atomic E-state index is 11.3. The number of ether oxygens (including phenoxy) is 2. The summed E-state index contributed by atoms with van der Waals surface area (Å²) in [5.74, 6) is 3.06. The zero-order chi connectivity index (χ0) is 13.4. The van der Waals surface area contributed by atoms with Gasteiger partial charge >= 0.3 is 0 Å². The van der Waals surface area contributed by atoms with E-state index in [2.05, 4.69) is 11.2 Å². The molecule has 1 amide bonds. The molecule has 0 unspecified atom stereocenters. The largest absolute Gasteiger partial charge is 0.493 e. The molecule has 0 spiro atoms. The van der Waals surface area contributed by atoms with Gasteiger partial charge < -0.3 is 20.5 Å². The summed E-state index contributed by atoms with van der Waals surface area (Å²) in [6, 6.07) is 5.33. The number of carbonyl (C=O) groups is 1. The van der Waals surface area contributed by atoms with E-state index in [-0.39, 0.29) is 19.1 Å². The first-order valence-corrected chi connectivity index (χ1v) is 5.41. The van der Waals surface area contributed by atoms with Gasteiger partial charge in [-0.3, -0.25) is 4.79 Å². The zero-order valence-electron chi connectivity index (χ0n) is 10.2. The molecule has 5 heteroatoms. The van der Waals surface area contributed by atoms with Crippen molar-refractivity contribution < 1.29 is 14.3 Å². The van der Waals surface area contributed by atoms with Crippen LogP contribution in [0.25, 0.3) is 0 Å². The molecule has 0 saturated carbocycles. The normalized spacial score (nSPS) is 9.39. The van der Waals surface area contributed by atoms with Crippen LogP contribution in [0.1, 0.15) is 5.56 Å². The van der Waals surface area contributed by atoms with Gasteiger partial charge in [-0.15, -0.1) is 6.42 Å². The second kappa shape index (κ2) is 7.20. The molecule has 0 atom stereocenters. The van der Waals surface area contributed by atoms with E-state index in [4.69, 9.17) is 21.6 Å². The van der Waals surface area contributed by atoms with Gasteiger partial charge in [0.2, 0.25) is 0 Å². The van der Waals surface area contributed by atoms with Gasteiger partial charge in [0.1, 0.15) is 0 Å². The van der Waals surface area contributed by atoms with E-state index in [1.165, 1.54) is 7.11 Å². The van der Waals surface area contributed by atoms with Crippen LogP contribution in [0.15, 0.2) is 18.2 Å². The molecule has 96 valence electrons. The van der Waals surface area contributed by atoms with Gasteiger partial charge in [-0.1, -0.05) is 12.0 Å². The quantitative estimate of drug-likeness (QED) is 0.709. The van der Waals surface area contributed by atoms with Crippen molar-refractivity contribution >= 4 is 5.91 Å². The topological polar surface area (TPSA) is 73.6 Å². The van der Waals surface area contributed by atoms with Crippen molar-refractivity contribution in [3.8, 4) is 23.8 Å². The Morgan fingerprint density at radius 3 is 2.89 bits per heavy atom. The smallest absolute Gasteiger partial charge is 0.258 e. The van der Waals surface area contributed by atoms with Crippen LogP contribution in [0.3, 0.4) is 0 Å². The molecule has 0 saturated heterocycles. The van der Waals surface area contributed by atoms with Crippen molar-refractivity contribution in [1.29, 1.82) is 0 Å². The van der Waals surface area contributed by atoms with Crippen molar-refractivity contribution in [2.75, 3.05) is 20.3 Å². The highest BCUT2D eigenvalue weighted by atomic mass is 16.5. The second-order valence-corrected chi connectivity index (χ2v) is 3.46. The van der Waals surface area contributed by atoms with Crippen molar-refractivity contribution in [3.63, 3.8) is 0 Å². The predicted octanol–water partition coefficient (Wildman–Crippen LogP) is 0.282. The molecule has 3 N–H and O–H groups in total. The highest BCUT2D eigenvalue weighted by molar-refractivity contribution is 5.77. The lowest BCUT2D eigenvalue weighted by molar-refractivity contribution is -0.122. The molecule has 0 aliphatic carbocycles. The molecule has 5 nitrogen and oxygen atoms in total. The van der Waals surface area contributed by atoms with Gasteiger partial charge in [0.15, 0.2) is 18.1 Å². The molecule has 0 aliphatic heterocycles. The first kappa shape index (κ1) is 13.9. The van der Waals surface area contributed by atoms with Gasteiger partial charge in [-0.2, -0.15) is 0 Å². The summed E-state index contributed by atoms with van der Waals surface area (Å²) in [4.78, 5) is 11.3. The highest BCUT2D eigenvalue weighted by Crippen LogP contribution is 2.27. The van der Waals surface area contributed by atoms with Crippen LogP contribution in [0.4, 0.5) is 0 Å². The number of methoxy groups -OCH3 is 1. The van der Waals surface area contributed by atoms with Crippen molar-refractivity contribution in [3.05, 3.63) is 23.8 Å². The number of nitrogens with one attached hydrogen (secondary N) is 1. The first-order valence-electron chi connectivity index (χ1n) is 5.41. The lowest BCUT2D eigenvalue weighted by Gasteiger charge is -2.11. The molecule has 1 aromatic rings. The fourth-order valence-corrected chi connectivity index (χ4v) is 1.30. The SMILES string of the molecule is C#CCNC(=O)COc1cc(CN)ccc1OC. The molecule has 0 aliphatic rings. The van der Waals surface area contributed by atoms with Crippen LogP contribution >= 0.6 is 0 Å². The Hall–Kier alpha value is -2.19. The molecule has 0 fully saturated rings. The monoisotopic (exact) mass is 248 g/mol. The summed E-state index contributed by atoms with van der Waals surface area (Å²) in [5.41, 5.74) is 6.43. The van der Waals surface area contributed by atoms with Crippen LogP contribution in [-0.2, 0) is 11.3 Å². The summed E-state index contributed by atoms with van der Waals surface area (Å²) in [5, 5.41) is 2.50. The van der Waals surface area contributed by atoms with E-state index < -0.39 is 0 Å². The number of terminal acetylenes is 1. The highest BCUT2D eigenvalue weighted by Gasteiger charge is 2.07. The first-order chi connectivity index (χ1) is 8.71. The average molecular weight is 248 g/mol. The van der Waals surface area contributed by atoms with E-state index in [9.17, 15) is 4.79 Å².